The van der Waals surface area contributed by atoms with Crippen LogP contribution in [0.5, 0.6) is 17.2 Å². The first-order valence-electron chi connectivity index (χ1n) is 15.9. The molecular formula is C39H32Cl2N4O5S. The van der Waals surface area contributed by atoms with Crippen LogP contribution in [0.3, 0.4) is 0 Å². The second-order valence-electron chi connectivity index (χ2n) is 11.8. The highest BCUT2D eigenvalue weighted by Gasteiger charge is 2.34. The molecule has 0 saturated heterocycles. The molecule has 0 aliphatic carbocycles. The number of para-hydroxylation sites is 2. The lowest BCUT2D eigenvalue weighted by Crippen LogP contribution is -2.40. The number of nitrogens with one attached hydrogen (secondary N) is 1. The predicted octanol–water partition coefficient (Wildman–Crippen LogP) is 7.21. The molecule has 6 aromatic rings. The van der Waals surface area contributed by atoms with Crippen LogP contribution in [0.15, 0.2) is 112 Å². The van der Waals surface area contributed by atoms with Crippen LogP contribution in [-0.2, 0) is 11.3 Å². The van der Waals surface area contributed by atoms with Crippen molar-refractivity contribution in [1.29, 1.82) is 0 Å². The van der Waals surface area contributed by atoms with Crippen LogP contribution in [0.1, 0.15) is 29.7 Å². The van der Waals surface area contributed by atoms with Crippen LogP contribution in [0, 0.1) is 0 Å². The summed E-state index contributed by atoms with van der Waals surface area (Å²) in [7, 11) is 4.57. The number of hydrogen-bond acceptors (Lipinski definition) is 7. The SMILES string of the molecule is COc1cc([C@H]2C(C(=O)Nc3ccccc3)=C(C)N=c3s/c(=C\c4cn(Cc5ccc(Cl)c(Cl)c5)c5ccccc45)c(=O)n32)cc(OC)c1OC. The summed E-state index contributed by atoms with van der Waals surface area (Å²) < 4.78 is 21.1. The average Bonchev–Trinajstić information content (AvgIpc) is 3.64. The van der Waals surface area contributed by atoms with Crippen molar-refractivity contribution in [3.63, 3.8) is 0 Å². The lowest BCUT2D eigenvalue weighted by Gasteiger charge is -2.26. The Morgan fingerprint density at radius 1 is 0.922 bits per heavy atom. The van der Waals surface area contributed by atoms with Crippen molar-refractivity contribution in [3.05, 3.63) is 149 Å². The van der Waals surface area contributed by atoms with E-state index >= 15 is 0 Å². The Kier molecular flexibility index (Phi) is 9.48. The first-order valence-corrected chi connectivity index (χ1v) is 17.5. The van der Waals surface area contributed by atoms with Gasteiger partial charge in [-0.05, 0) is 66.6 Å². The monoisotopic (exact) mass is 738 g/mol. The first-order chi connectivity index (χ1) is 24.7. The Morgan fingerprint density at radius 2 is 1.63 bits per heavy atom. The van der Waals surface area contributed by atoms with Gasteiger partial charge in [-0.1, -0.05) is 77.0 Å². The number of nitrogens with zero attached hydrogens (tertiary/aromatic N) is 3. The van der Waals surface area contributed by atoms with Crippen molar-refractivity contribution in [3.8, 4) is 17.2 Å². The normalized spacial score (nSPS) is 14.3. The van der Waals surface area contributed by atoms with Gasteiger partial charge in [0.05, 0.1) is 53.2 Å². The number of carbonyl (C=O) groups is 1. The van der Waals surface area contributed by atoms with E-state index < -0.39 is 6.04 Å². The van der Waals surface area contributed by atoms with E-state index in [2.05, 4.69) is 9.88 Å². The average molecular weight is 740 g/mol. The van der Waals surface area contributed by atoms with E-state index in [-0.39, 0.29) is 11.5 Å². The molecule has 1 atom stereocenters. The van der Waals surface area contributed by atoms with Crippen molar-refractivity contribution in [2.24, 2.45) is 4.99 Å². The number of carbonyl (C=O) groups excluding carboxylic acids is 1. The number of ether oxygens (including phenoxy) is 3. The van der Waals surface area contributed by atoms with E-state index in [1.165, 1.54) is 32.7 Å². The third-order valence-corrected chi connectivity index (χ3v) is 10.5. The molecule has 51 heavy (non-hydrogen) atoms. The van der Waals surface area contributed by atoms with Crippen molar-refractivity contribution in [2.75, 3.05) is 26.6 Å². The standard InChI is InChI=1S/C39H32Cl2N4O5S/c1-22-34(37(46)43-26-10-6-5-7-11-26)35(24-17-31(48-2)36(50-4)32(18-24)49-3)45-38(47)33(51-39(45)42-22)19-25-21-44(30-13-9-8-12-27(25)30)20-23-14-15-28(40)29(41)16-23/h5-19,21,35H,20H2,1-4H3,(H,43,46)/b33-19-/t35-/m0/s1. The molecule has 1 aliphatic rings. The van der Waals surface area contributed by atoms with E-state index in [9.17, 15) is 9.59 Å². The number of thiazole rings is 1. The van der Waals surface area contributed by atoms with Crippen molar-refractivity contribution in [2.45, 2.75) is 19.5 Å². The van der Waals surface area contributed by atoms with Crippen LogP contribution >= 0.6 is 34.5 Å². The molecule has 0 bridgehead atoms. The zero-order valence-electron chi connectivity index (χ0n) is 28.1. The van der Waals surface area contributed by atoms with Crippen molar-refractivity contribution < 1.29 is 19.0 Å². The first kappa shape index (κ1) is 34.2. The summed E-state index contributed by atoms with van der Waals surface area (Å²) in [6.07, 6.45) is 3.90. The summed E-state index contributed by atoms with van der Waals surface area (Å²) in [4.78, 5) is 33.9. The summed E-state index contributed by atoms with van der Waals surface area (Å²) in [5.41, 5.74) is 4.53. The number of fused-ring (bicyclic) bond motifs is 2. The van der Waals surface area contributed by atoms with E-state index in [1.54, 1.807) is 41.8 Å². The third kappa shape index (κ3) is 6.42. The number of anilines is 1. The molecule has 3 heterocycles. The maximum atomic E-state index is 14.6. The van der Waals surface area contributed by atoms with Crippen LogP contribution < -0.4 is 34.4 Å². The molecule has 9 nitrogen and oxygen atoms in total. The molecule has 12 heteroatoms. The highest BCUT2D eigenvalue weighted by Crippen LogP contribution is 2.42. The fourth-order valence-electron chi connectivity index (χ4n) is 6.40. The number of allylic oxidation sites excluding steroid dienone is 1. The Hall–Kier alpha value is -5.29. The number of benzene rings is 4. The van der Waals surface area contributed by atoms with Gasteiger partial charge in [-0.15, -0.1) is 0 Å². The lowest BCUT2D eigenvalue weighted by molar-refractivity contribution is -0.113. The van der Waals surface area contributed by atoms with E-state index in [0.717, 1.165) is 22.0 Å². The molecular weight excluding hydrogens is 707 g/mol. The molecule has 0 saturated carbocycles. The summed E-state index contributed by atoms with van der Waals surface area (Å²) in [6, 6.07) is 25.4. The highest BCUT2D eigenvalue weighted by atomic mass is 35.5. The quantitative estimate of drug-likeness (QED) is 0.169. The van der Waals surface area contributed by atoms with Gasteiger partial charge in [0, 0.05) is 34.9 Å². The van der Waals surface area contributed by atoms with Crippen LogP contribution in [0.4, 0.5) is 5.69 Å². The molecule has 7 rings (SSSR count). The van der Waals surface area contributed by atoms with Gasteiger partial charge in [-0.25, -0.2) is 4.99 Å². The Bertz CT molecular complexity index is 2510. The maximum Gasteiger partial charge on any atom is 0.271 e. The van der Waals surface area contributed by atoms with Crippen LogP contribution in [0.2, 0.25) is 10.0 Å². The minimum Gasteiger partial charge on any atom is -0.493 e. The number of methoxy groups -OCH3 is 3. The molecule has 0 spiro atoms. The van der Waals surface area contributed by atoms with Gasteiger partial charge in [0.2, 0.25) is 5.75 Å². The summed E-state index contributed by atoms with van der Waals surface area (Å²) in [5.74, 6) is 0.785. The number of aromatic nitrogens is 2. The van der Waals surface area contributed by atoms with Gasteiger partial charge in [0.25, 0.3) is 11.5 Å². The van der Waals surface area contributed by atoms with Gasteiger partial charge in [0.15, 0.2) is 16.3 Å². The number of amides is 1. The second-order valence-corrected chi connectivity index (χ2v) is 13.7. The third-order valence-electron chi connectivity index (χ3n) is 8.74. The second kappa shape index (κ2) is 14.1. The molecule has 0 unspecified atom stereocenters. The molecule has 0 radical (unpaired) electrons. The van der Waals surface area contributed by atoms with Crippen molar-refractivity contribution in [1.82, 2.24) is 9.13 Å². The fraction of sp³-hybridized carbons (Fsp3) is 0.154. The highest BCUT2D eigenvalue weighted by molar-refractivity contribution is 7.07. The Morgan fingerprint density at radius 3 is 2.31 bits per heavy atom. The molecule has 0 fully saturated rings. The van der Waals surface area contributed by atoms with Crippen molar-refractivity contribution >= 4 is 63.1 Å². The molecule has 2 aromatic heterocycles. The van der Waals surface area contributed by atoms with Crippen LogP contribution in [-0.4, -0.2) is 36.4 Å². The smallest absolute Gasteiger partial charge is 0.271 e. The summed E-state index contributed by atoms with van der Waals surface area (Å²) in [6.45, 7) is 2.32. The molecule has 1 aliphatic heterocycles. The Balaban J connectivity index is 1.40. The Labute approximate surface area is 307 Å². The minimum atomic E-state index is -0.864. The minimum absolute atomic E-state index is 0.295. The zero-order valence-corrected chi connectivity index (χ0v) is 30.4. The van der Waals surface area contributed by atoms with Gasteiger partial charge < -0.3 is 24.1 Å². The number of hydrogen-bond donors (Lipinski definition) is 1. The topological polar surface area (TPSA) is 96.1 Å². The molecule has 1 amide bonds. The summed E-state index contributed by atoms with van der Waals surface area (Å²) in [5, 5.41) is 4.94. The van der Waals surface area contributed by atoms with Gasteiger partial charge in [-0.2, -0.15) is 0 Å². The number of halogens is 2. The molecule has 258 valence electrons. The fourth-order valence-corrected chi connectivity index (χ4v) is 7.76. The van der Waals surface area contributed by atoms with Gasteiger partial charge in [-0.3, -0.25) is 14.2 Å². The maximum absolute atomic E-state index is 14.6. The summed E-state index contributed by atoms with van der Waals surface area (Å²) >= 11 is 13.8. The van der Waals surface area contributed by atoms with Gasteiger partial charge in [0.1, 0.15) is 0 Å². The molecule has 4 aromatic carbocycles. The lowest BCUT2D eigenvalue weighted by atomic mass is 9.94. The molecule has 1 N–H and O–H groups in total. The predicted molar refractivity (Wildman–Crippen MR) is 202 cm³/mol. The van der Waals surface area contributed by atoms with Crippen LogP contribution in [0.25, 0.3) is 17.0 Å². The number of rotatable bonds is 9. The van der Waals surface area contributed by atoms with E-state index in [0.29, 0.717) is 65.7 Å². The largest absolute Gasteiger partial charge is 0.493 e. The van der Waals surface area contributed by atoms with E-state index in [4.69, 9.17) is 42.4 Å². The van der Waals surface area contributed by atoms with Gasteiger partial charge >= 0.3 is 0 Å². The zero-order chi connectivity index (χ0) is 35.8. The van der Waals surface area contributed by atoms with E-state index in [1.807, 2.05) is 66.9 Å².